The van der Waals surface area contributed by atoms with Gasteiger partial charge >= 0.3 is 5.69 Å². The summed E-state index contributed by atoms with van der Waals surface area (Å²) < 4.78 is 2.81. The van der Waals surface area contributed by atoms with E-state index in [-0.39, 0.29) is 11.2 Å². The lowest BCUT2D eigenvalue weighted by atomic mass is 9.98. The molecule has 0 spiro atoms. The first kappa shape index (κ1) is 19.2. The molecule has 1 N–H and O–H groups in total. The van der Waals surface area contributed by atoms with Crippen LogP contribution in [0.25, 0.3) is 10.9 Å². The third-order valence-corrected chi connectivity index (χ3v) is 5.92. The van der Waals surface area contributed by atoms with Crippen LogP contribution in [0.5, 0.6) is 0 Å². The first-order chi connectivity index (χ1) is 14.0. The molecule has 7 nitrogen and oxygen atoms in total. The highest BCUT2D eigenvalue weighted by molar-refractivity contribution is 5.84. The van der Waals surface area contributed by atoms with Crippen molar-refractivity contribution in [3.05, 3.63) is 68.1 Å². The summed E-state index contributed by atoms with van der Waals surface area (Å²) in [6.45, 7) is 4.81. The second kappa shape index (κ2) is 7.72. The standard InChI is InChI=1S/C22H25N5O2/c1-15-13-25(2)22(29)27(21(15)28)8-7-26-6-5-17(14-26)9-18-12-24-20-10-16(11-23)3-4-19(18)20/h3-4,10,12-13,17,24H,5-9,14H2,1-2H3. The number of hydrogen-bond acceptors (Lipinski definition) is 4. The maximum atomic E-state index is 12.3. The second-order valence-electron chi connectivity index (χ2n) is 8.01. The van der Waals surface area contributed by atoms with E-state index >= 15 is 0 Å². The highest BCUT2D eigenvalue weighted by Crippen LogP contribution is 2.26. The van der Waals surface area contributed by atoms with Crippen molar-refractivity contribution in [1.82, 2.24) is 19.0 Å². The Morgan fingerprint density at radius 3 is 2.90 bits per heavy atom. The predicted molar refractivity (Wildman–Crippen MR) is 112 cm³/mol. The van der Waals surface area contributed by atoms with Crippen molar-refractivity contribution in [2.75, 3.05) is 19.6 Å². The van der Waals surface area contributed by atoms with E-state index in [9.17, 15) is 9.59 Å². The molecule has 0 aliphatic carbocycles. The number of hydrogen-bond donors (Lipinski definition) is 1. The minimum atomic E-state index is -0.258. The number of aryl methyl sites for hydroxylation is 2. The van der Waals surface area contributed by atoms with Gasteiger partial charge in [0.05, 0.1) is 11.6 Å². The normalized spacial score (nSPS) is 17.1. The van der Waals surface area contributed by atoms with Crippen molar-refractivity contribution in [2.45, 2.75) is 26.3 Å². The van der Waals surface area contributed by atoms with Crippen LogP contribution in [0.1, 0.15) is 23.1 Å². The minimum Gasteiger partial charge on any atom is -0.361 e. The predicted octanol–water partition coefficient (Wildman–Crippen LogP) is 1.77. The number of likely N-dealkylation sites (tertiary alicyclic amines) is 1. The van der Waals surface area contributed by atoms with Gasteiger partial charge in [0, 0.05) is 55.5 Å². The molecule has 1 aromatic carbocycles. The van der Waals surface area contributed by atoms with Gasteiger partial charge in [-0.3, -0.25) is 9.36 Å². The molecule has 0 saturated carbocycles. The minimum absolute atomic E-state index is 0.195. The Morgan fingerprint density at radius 1 is 1.28 bits per heavy atom. The number of fused-ring (bicyclic) bond motifs is 1. The number of rotatable bonds is 5. The quantitative estimate of drug-likeness (QED) is 0.718. The molecule has 1 aliphatic heterocycles. The third-order valence-electron chi connectivity index (χ3n) is 5.92. The Labute approximate surface area is 168 Å². The van der Waals surface area contributed by atoms with Gasteiger partial charge < -0.3 is 14.5 Å². The van der Waals surface area contributed by atoms with Crippen LogP contribution in [0.2, 0.25) is 0 Å². The lowest BCUT2D eigenvalue weighted by Gasteiger charge is -2.17. The van der Waals surface area contributed by atoms with Crippen molar-refractivity contribution < 1.29 is 0 Å². The van der Waals surface area contributed by atoms with Crippen LogP contribution < -0.4 is 11.2 Å². The van der Waals surface area contributed by atoms with Crippen molar-refractivity contribution in [3.8, 4) is 6.07 Å². The number of aromatic amines is 1. The molecule has 0 radical (unpaired) electrons. The van der Waals surface area contributed by atoms with Crippen LogP contribution in [0.4, 0.5) is 0 Å². The third kappa shape index (κ3) is 3.76. The van der Waals surface area contributed by atoms with Crippen molar-refractivity contribution in [2.24, 2.45) is 13.0 Å². The molecule has 29 heavy (non-hydrogen) atoms. The van der Waals surface area contributed by atoms with Crippen LogP contribution in [0.15, 0.2) is 40.2 Å². The monoisotopic (exact) mass is 391 g/mol. The van der Waals surface area contributed by atoms with Crippen molar-refractivity contribution in [3.63, 3.8) is 0 Å². The molecule has 1 atom stereocenters. The van der Waals surface area contributed by atoms with Gasteiger partial charge in [-0.05, 0) is 49.9 Å². The second-order valence-corrected chi connectivity index (χ2v) is 8.01. The molecule has 1 unspecified atom stereocenters. The molecule has 0 amide bonds. The largest absolute Gasteiger partial charge is 0.361 e. The number of nitrogens with zero attached hydrogens (tertiary/aromatic N) is 4. The number of aromatic nitrogens is 3. The summed E-state index contributed by atoms with van der Waals surface area (Å²) in [5.74, 6) is 0.543. The summed E-state index contributed by atoms with van der Waals surface area (Å²) in [7, 11) is 1.68. The maximum absolute atomic E-state index is 12.3. The lowest BCUT2D eigenvalue weighted by molar-refractivity contribution is 0.304. The van der Waals surface area contributed by atoms with Crippen LogP contribution in [-0.4, -0.2) is 38.7 Å². The van der Waals surface area contributed by atoms with Gasteiger partial charge in [0.25, 0.3) is 5.56 Å². The average Bonchev–Trinajstić information content (AvgIpc) is 3.33. The van der Waals surface area contributed by atoms with Gasteiger partial charge in [-0.1, -0.05) is 6.07 Å². The van der Waals surface area contributed by atoms with Crippen molar-refractivity contribution >= 4 is 10.9 Å². The summed E-state index contributed by atoms with van der Waals surface area (Å²) in [6, 6.07) is 7.95. The van der Waals surface area contributed by atoms with Gasteiger partial charge in [-0.2, -0.15) is 5.26 Å². The summed E-state index contributed by atoms with van der Waals surface area (Å²) in [4.78, 5) is 30.2. The molecule has 0 bridgehead atoms. The van der Waals surface area contributed by atoms with Gasteiger partial charge in [-0.25, -0.2) is 4.79 Å². The fourth-order valence-electron chi connectivity index (χ4n) is 4.35. The van der Waals surface area contributed by atoms with E-state index in [1.54, 1.807) is 20.2 Å². The average molecular weight is 391 g/mol. The first-order valence-electron chi connectivity index (χ1n) is 9.96. The SMILES string of the molecule is Cc1cn(C)c(=O)n(CCN2CCC(Cc3c[nH]c4cc(C#N)ccc34)C2)c1=O. The zero-order valence-electron chi connectivity index (χ0n) is 16.8. The molecular weight excluding hydrogens is 366 g/mol. The smallest absolute Gasteiger partial charge is 0.330 e. The van der Waals surface area contributed by atoms with Gasteiger partial charge in [0.2, 0.25) is 0 Å². The number of nitrogens with one attached hydrogen (secondary N) is 1. The van der Waals surface area contributed by atoms with Crippen LogP contribution in [-0.2, 0) is 20.0 Å². The Bertz CT molecular complexity index is 1180. The molecule has 1 fully saturated rings. The molecule has 1 saturated heterocycles. The van der Waals surface area contributed by atoms with Crippen LogP contribution >= 0.6 is 0 Å². The van der Waals surface area contributed by atoms with Gasteiger partial charge in [-0.15, -0.1) is 0 Å². The fourth-order valence-corrected chi connectivity index (χ4v) is 4.35. The topological polar surface area (TPSA) is 86.8 Å². The molecular formula is C22H25N5O2. The summed E-state index contributed by atoms with van der Waals surface area (Å²) in [5, 5.41) is 10.2. The van der Waals surface area contributed by atoms with E-state index in [4.69, 9.17) is 5.26 Å². The molecule has 1 aliphatic rings. The zero-order valence-corrected chi connectivity index (χ0v) is 16.8. The fraction of sp³-hybridized carbons (Fsp3) is 0.409. The zero-order chi connectivity index (χ0) is 20.5. The van der Waals surface area contributed by atoms with E-state index in [0.29, 0.717) is 30.1 Å². The van der Waals surface area contributed by atoms with E-state index in [1.807, 2.05) is 24.4 Å². The van der Waals surface area contributed by atoms with Gasteiger partial charge in [0.1, 0.15) is 0 Å². The Balaban J connectivity index is 1.40. The van der Waals surface area contributed by atoms with E-state index in [1.165, 1.54) is 20.1 Å². The van der Waals surface area contributed by atoms with E-state index in [2.05, 4.69) is 16.0 Å². The van der Waals surface area contributed by atoms with Gasteiger partial charge in [0.15, 0.2) is 0 Å². The van der Waals surface area contributed by atoms with Crippen LogP contribution in [0, 0.1) is 24.2 Å². The Morgan fingerprint density at radius 2 is 2.10 bits per heavy atom. The summed E-state index contributed by atoms with van der Waals surface area (Å²) in [6.07, 6.45) is 5.72. The highest BCUT2D eigenvalue weighted by atomic mass is 16.2. The molecule has 3 heterocycles. The molecule has 7 heteroatoms. The number of H-pyrrole nitrogens is 1. The molecule has 150 valence electrons. The lowest BCUT2D eigenvalue weighted by Crippen LogP contribution is -2.42. The molecule has 4 rings (SSSR count). The first-order valence-corrected chi connectivity index (χ1v) is 9.96. The Hall–Kier alpha value is -3.11. The van der Waals surface area contributed by atoms with Crippen LogP contribution in [0.3, 0.4) is 0 Å². The Kier molecular flexibility index (Phi) is 5.12. The van der Waals surface area contributed by atoms with E-state index < -0.39 is 0 Å². The molecule has 2 aromatic heterocycles. The molecule has 3 aromatic rings. The van der Waals surface area contributed by atoms with E-state index in [0.717, 1.165) is 31.4 Å². The number of nitriles is 1. The summed E-state index contributed by atoms with van der Waals surface area (Å²) >= 11 is 0. The summed E-state index contributed by atoms with van der Waals surface area (Å²) in [5.41, 5.74) is 3.08. The highest BCUT2D eigenvalue weighted by Gasteiger charge is 2.23. The number of benzene rings is 1. The maximum Gasteiger partial charge on any atom is 0.330 e. The van der Waals surface area contributed by atoms with Crippen molar-refractivity contribution in [1.29, 1.82) is 5.26 Å².